The lowest BCUT2D eigenvalue weighted by Gasteiger charge is -2.44. The molecule has 1 fully saturated rings. The van der Waals surface area contributed by atoms with E-state index >= 15 is 0 Å². The number of hydrogen-bond donors (Lipinski definition) is 0. The number of rotatable bonds is 11. The molecule has 0 spiro atoms. The third-order valence-electron chi connectivity index (χ3n) is 5.47. The maximum Gasteiger partial charge on any atom is 0.258 e. The molecule has 2 aromatic carbocycles. The van der Waals surface area contributed by atoms with Gasteiger partial charge in [0.1, 0.15) is 5.25 Å². The van der Waals surface area contributed by atoms with Crippen LogP contribution in [0.3, 0.4) is 0 Å². The highest BCUT2D eigenvalue weighted by molar-refractivity contribution is 7.85. The van der Waals surface area contributed by atoms with Crippen LogP contribution in [0.5, 0.6) is 0 Å². The van der Waals surface area contributed by atoms with Crippen LogP contribution in [0.15, 0.2) is 54.6 Å². The normalized spacial score (nSPS) is 16.6. The molecule has 2 aromatic rings. The SMILES string of the molecule is CC(=O)N(CCCCCCc1cccc(Cl)c1)N1CC(S(=O)Cc2ccccc2)C1=O. The largest absolute Gasteiger partial charge is 0.273 e. The van der Waals surface area contributed by atoms with E-state index in [4.69, 9.17) is 11.6 Å². The Morgan fingerprint density at radius 2 is 1.77 bits per heavy atom. The summed E-state index contributed by atoms with van der Waals surface area (Å²) in [7, 11) is -1.28. The summed E-state index contributed by atoms with van der Waals surface area (Å²) >= 11 is 6.01. The Morgan fingerprint density at radius 1 is 1.06 bits per heavy atom. The topological polar surface area (TPSA) is 57.7 Å². The Kier molecular flexibility index (Phi) is 8.67. The Balaban J connectivity index is 1.39. The lowest BCUT2D eigenvalue weighted by molar-refractivity contribution is -0.173. The van der Waals surface area contributed by atoms with Crippen molar-refractivity contribution >= 4 is 34.2 Å². The van der Waals surface area contributed by atoms with Gasteiger partial charge >= 0.3 is 0 Å². The monoisotopic (exact) mass is 460 g/mol. The van der Waals surface area contributed by atoms with Crippen molar-refractivity contribution in [3.8, 4) is 0 Å². The molecule has 166 valence electrons. The zero-order chi connectivity index (χ0) is 22.2. The first-order valence-electron chi connectivity index (χ1n) is 10.7. The van der Waals surface area contributed by atoms with Gasteiger partial charge in [0.15, 0.2) is 0 Å². The van der Waals surface area contributed by atoms with Gasteiger partial charge < -0.3 is 0 Å². The second-order valence-electron chi connectivity index (χ2n) is 7.86. The average molecular weight is 461 g/mol. The summed E-state index contributed by atoms with van der Waals surface area (Å²) in [5.74, 6) is -0.0115. The number of hydrazine groups is 1. The maximum absolute atomic E-state index is 12.6. The first-order chi connectivity index (χ1) is 15.0. The molecule has 1 saturated heterocycles. The fourth-order valence-corrected chi connectivity index (χ4v) is 5.31. The van der Waals surface area contributed by atoms with Crippen LogP contribution in [0, 0.1) is 0 Å². The highest BCUT2D eigenvalue weighted by atomic mass is 35.5. The summed E-state index contributed by atoms with van der Waals surface area (Å²) in [4.78, 5) is 24.7. The van der Waals surface area contributed by atoms with Crippen LogP contribution in [0.2, 0.25) is 5.02 Å². The molecule has 0 radical (unpaired) electrons. The molecule has 1 aliphatic heterocycles. The highest BCUT2D eigenvalue weighted by Gasteiger charge is 2.44. The number of β-lactam (4-membered cyclic amide) rings is 1. The number of nitrogens with zero attached hydrogens (tertiary/aromatic N) is 2. The van der Waals surface area contributed by atoms with Crippen molar-refractivity contribution in [2.75, 3.05) is 13.1 Å². The molecule has 2 atom stereocenters. The minimum Gasteiger partial charge on any atom is -0.273 e. The highest BCUT2D eigenvalue weighted by Crippen LogP contribution is 2.22. The second kappa shape index (κ2) is 11.4. The molecule has 3 rings (SSSR count). The molecule has 31 heavy (non-hydrogen) atoms. The molecule has 0 N–H and O–H groups in total. The van der Waals surface area contributed by atoms with Crippen LogP contribution < -0.4 is 0 Å². The smallest absolute Gasteiger partial charge is 0.258 e. The standard InChI is InChI=1S/C24H29ClN2O3S/c1-19(28)26(15-8-3-2-5-10-20-13-9-14-22(25)16-20)27-17-23(24(27)29)31(30)18-21-11-6-4-7-12-21/h4,6-7,9,11-14,16,23H,2-3,5,8,10,15,17-18H2,1H3. The third-order valence-corrected chi connectivity index (χ3v) is 7.31. The Bertz CT molecular complexity index is 922. The number of hydrogen-bond acceptors (Lipinski definition) is 3. The first-order valence-corrected chi connectivity index (χ1v) is 12.5. The summed E-state index contributed by atoms with van der Waals surface area (Å²) in [6.45, 7) is 2.32. The van der Waals surface area contributed by atoms with E-state index in [1.807, 2.05) is 48.5 Å². The summed E-state index contributed by atoms with van der Waals surface area (Å²) in [6, 6.07) is 17.4. The number of amides is 2. The molecule has 2 unspecified atom stereocenters. The van der Waals surface area contributed by atoms with E-state index in [1.54, 1.807) is 0 Å². The Hall–Kier alpha value is -2.18. The van der Waals surface area contributed by atoms with E-state index in [9.17, 15) is 13.8 Å². The van der Waals surface area contributed by atoms with Crippen LogP contribution in [-0.2, 0) is 32.6 Å². The summed E-state index contributed by atoms with van der Waals surface area (Å²) in [5.41, 5.74) is 2.19. The molecule has 1 aliphatic rings. The molecule has 5 nitrogen and oxygen atoms in total. The first kappa shape index (κ1) is 23.5. The van der Waals surface area contributed by atoms with E-state index in [-0.39, 0.29) is 11.8 Å². The number of halogens is 1. The number of carbonyl (C=O) groups excluding carboxylic acids is 2. The molecule has 7 heteroatoms. The summed E-state index contributed by atoms with van der Waals surface area (Å²) in [6.07, 6.45) is 4.91. The number of unbranched alkanes of at least 4 members (excludes halogenated alkanes) is 3. The Morgan fingerprint density at radius 3 is 2.45 bits per heavy atom. The minimum absolute atomic E-state index is 0.153. The van der Waals surface area contributed by atoms with Crippen molar-refractivity contribution in [2.24, 2.45) is 0 Å². The summed E-state index contributed by atoms with van der Waals surface area (Å²) < 4.78 is 12.6. The van der Waals surface area contributed by atoms with Crippen molar-refractivity contribution in [2.45, 2.75) is 50.0 Å². The van der Waals surface area contributed by atoms with Crippen LogP contribution in [0.4, 0.5) is 0 Å². The number of benzene rings is 2. The van der Waals surface area contributed by atoms with Gasteiger partial charge in [0, 0.05) is 35.0 Å². The molecular weight excluding hydrogens is 432 g/mol. The molecule has 0 aromatic heterocycles. The van der Waals surface area contributed by atoms with Gasteiger partial charge in [-0.1, -0.05) is 66.9 Å². The quantitative estimate of drug-likeness (QED) is 0.369. The molecule has 0 saturated carbocycles. The van der Waals surface area contributed by atoms with Gasteiger partial charge in [-0.25, -0.2) is 5.01 Å². The van der Waals surface area contributed by atoms with Crippen molar-refractivity contribution in [3.05, 3.63) is 70.7 Å². The zero-order valence-corrected chi connectivity index (χ0v) is 19.4. The number of carbonyl (C=O) groups is 2. The van der Waals surface area contributed by atoms with Gasteiger partial charge in [-0.05, 0) is 42.5 Å². The maximum atomic E-state index is 12.6. The van der Waals surface area contributed by atoms with E-state index in [0.717, 1.165) is 42.7 Å². The van der Waals surface area contributed by atoms with Crippen molar-refractivity contribution < 1.29 is 13.8 Å². The predicted molar refractivity (Wildman–Crippen MR) is 125 cm³/mol. The van der Waals surface area contributed by atoms with Gasteiger partial charge in [-0.3, -0.25) is 18.8 Å². The van der Waals surface area contributed by atoms with Crippen LogP contribution in [0.1, 0.15) is 43.7 Å². The third kappa shape index (κ3) is 6.65. The van der Waals surface area contributed by atoms with Gasteiger partial charge in [0.2, 0.25) is 5.91 Å². The van der Waals surface area contributed by atoms with E-state index in [1.165, 1.54) is 22.5 Å². The van der Waals surface area contributed by atoms with Crippen LogP contribution >= 0.6 is 11.6 Å². The van der Waals surface area contributed by atoms with Crippen molar-refractivity contribution in [3.63, 3.8) is 0 Å². The zero-order valence-electron chi connectivity index (χ0n) is 17.8. The van der Waals surface area contributed by atoms with Crippen molar-refractivity contribution in [1.29, 1.82) is 0 Å². The van der Waals surface area contributed by atoms with E-state index < -0.39 is 16.0 Å². The molecule has 2 amide bonds. The fraction of sp³-hybridized carbons (Fsp3) is 0.417. The molecular formula is C24H29ClN2O3S. The summed E-state index contributed by atoms with van der Waals surface area (Å²) in [5, 5.41) is 3.20. The minimum atomic E-state index is -1.28. The lowest BCUT2D eigenvalue weighted by Crippen LogP contribution is -2.65. The van der Waals surface area contributed by atoms with E-state index in [0.29, 0.717) is 18.8 Å². The van der Waals surface area contributed by atoms with Gasteiger partial charge in [-0.15, -0.1) is 0 Å². The van der Waals surface area contributed by atoms with Crippen LogP contribution in [-0.4, -0.2) is 44.4 Å². The lowest BCUT2D eigenvalue weighted by atomic mass is 10.1. The van der Waals surface area contributed by atoms with Crippen molar-refractivity contribution in [1.82, 2.24) is 10.0 Å². The molecule has 0 bridgehead atoms. The average Bonchev–Trinajstić information content (AvgIpc) is 2.74. The second-order valence-corrected chi connectivity index (χ2v) is 9.91. The molecule has 0 aliphatic carbocycles. The van der Waals surface area contributed by atoms with Gasteiger partial charge in [-0.2, -0.15) is 0 Å². The predicted octanol–water partition coefficient (Wildman–Crippen LogP) is 4.37. The van der Waals surface area contributed by atoms with Gasteiger partial charge in [0.25, 0.3) is 5.91 Å². The number of aryl methyl sites for hydroxylation is 1. The van der Waals surface area contributed by atoms with Crippen LogP contribution in [0.25, 0.3) is 0 Å². The Labute approximate surface area is 191 Å². The van der Waals surface area contributed by atoms with Gasteiger partial charge in [0.05, 0.1) is 6.54 Å². The fourth-order valence-electron chi connectivity index (χ4n) is 3.72. The van der Waals surface area contributed by atoms with E-state index in [2.05, 4.69) is 6.07 Å². The molecule has 1 heterocycles.